The van der Waals surface area contributed by atoms with Gasteiger partial charge in [-0.3, -0.25) is 0 Å². The average molecular weight is 471 g/mol. The van der Waals surface area contributed by atoms with Crippen molar-refractivity contribution >= 4 is 29.6 Å². The van der Waals surface area contributed by atoms with Crippen LogP contribution in [0.25, 0.3) is 21.5 Å². The van der Waals surface area contributed by atoms with Crippen LogP contribution in [0.5, 0.6) is 0 Å². The van der Waals surface area contributed by atoms with Gasteiger partial charge in [0.05, 0.1) is 0 Å². The van der Waals surface area contributed by atoms with Crippen molar-refractivity contribution in [3.63, 3.8) is 0 Å². The number of hydrogen-bond acceptors (Lipinski definition) is 0. The molecule has 1 heteroatoms. The minimum absolute atomic E-state index is 1.18. The van der Waals surface area contributed by atoms with Crippen LogP contribution in [-0.4, -0.2) is 8.07 Å². The molecular formula is C34H34Si. The van der Waals surface area contributed by atoms with Gasteiger partial charge < -0.3 is 0 Å². The summed E-state index contributed by atoms with van der Waals surface area (Å²) in [6.45, 7) is 9.29. The van der Waals surface area contributed by atoms with Crippen molar-refractivity contribution in [2.45, 2.75) is 39.8 Å². The lowest BCUT2D eigenvalue weighted by molar-refractivity contribution is 1.29. The van der Waals surface area contributed by atoms with Crippen LogP contribution >= 0.6 is 0 Å². The molecular weight excluding hydrogens is 436 g/mol. The molecule has 1 heterocycles. The van der Waals surface area contributed by atoms with E-state index < -0.39 is 8.07 Å². The SMILES string of the molecule is CC[Si]1(CC)C(c2cccc(C)c2)=C(c2ccccc2)C(c2ccccc2)=C1c1cccc(C)c1. The monoisotopic (exact) mass is 470 g/mol. The van der Waals surface area contributed by atoms with Gasteiger partial charge in [-0.05, 0) is 57.6 Å². The maximum absolute atomic E-state index is 2.43. The second-order valence-corrected chi connectivity index (χ2v) is 14.3. The van der Waals surface area contributed by atoms with E-state index in [9.17, 15) is 0 Å². The number of hydrogen-bond donors (Lipinski definition) is 0. The fourth-order valence-electron chi connectivity index (χ4n) is 6.04. The molecule has 0 saturated heterocycles. The molecule has 0 bridgehead atoms. The molecule has 174 valence electrons. The van der Waals surface area contributed by atoms with Gasteiger partial charge in [0, 0.05) is 0 Å². The van der Waals surface area contributed by atoms with Gasteiger partial charge in [-0.2, -0.15) is 0 Å². The Balaban J connectivity index is 1.98. The van der Waals surface area contributed by atoms with E-state index in [1.54, 1.807) is 10.4 Å². The van der Waals surface area contributed by atoms with E-state index in [2.05, 4.69) is 137 Å². The molecule has 5 rings (SSSR count). The third-order valence-corrected chi connectivity index (χ3v) is 13.1. The lowest BCUT2D eigenvalue weighted by atomic mass is 9.89. The summed E-state index contributed by atoms with van der Waals surface area (Å²) >= 11 is 0. The predicted octanol–water partition coefficient (Wildman–Crippen LogP) is 9.41. The maximum Gasteiger partial charge on any atom is 0.120 e. The number of rotatable bonds is 6. The highest BCUT2D eigenvalue weighted by Crippen LogP contribution is 2.58. The average Bonchev–Trinajstić information content (AvgIpc) is 3.21. The smallest absolute Gasteiger partial charge is 0.0672 e. The Morgan fingerprint density at radius 1 is 0.457 bits per heavy atom. The first kappa shape index (κ1) is 23.3. The summed E-state index contributed by atoms with van der Waals surface area (Å²) in [5.41, 5.74) is 11.0. The molecule has 1 aliphatic heterocycles. The molecule has 0 nitrogen and oxygen atoms in total. The molecule has 0 amide bonds. The highest BCUT2D eigenvalue weighted by molar-refractivity contribution is 7.14. The maximum atomic E-state index is 2.43. The molecule has 0 spiro atoms. The first-order chi connectivity index (χ1) is 17.1. The summed E-state index contributed by atoms with van der Waals surface area (Å²) in [6.07, 6.45) is 0. The lowest BCUT2D eigenvalue weighted by Crippen LogP contribution is -2.35. The van der Waals surface area contributed by atoms with E-state index >= 15 is 0 Å². The minimum Gasteiger partial charge on any atom is -0.0672 e. The quantitative estimate of drug-likeness (QED) is 0.246. The first-order valence-electron chi connectivity index (χ1n) is 12.8. The molecule has 0 atom stereocenters. The Bertz CT molecular complexity index is 1300. The number of benzene rings is 4. The van der Waals surface area contributed by atoms with E-state index in [0.717, 1.165) is 0 Å². The Kier molecular flexibility index (Phi) is 6.45. The molecule has 4 aromatic carbocycles. The topological polar surface area (TPSA) is 0 Å². The van der Waals surface area contributed by atoms with Crippen LogP contribution in [0.3, 0.4) is 0 Å². The van der Waals surface area contributed by atoms with Crippen molar-refractivity contribution in [3.05, 3.63) is 143 Å². The Hall–Kier alpha value is -3.42. The van der Waals surface area contributed by atoms with Crippen LogP contribution in [0.4, 0.5) is 0 Å². The molecule has 0 unspecified atom stereocenters. The second kappa shape index (κ2) is 9.68. The zero-order valence-electron chi connectivity index (χ0n) is 21.3. The van der Waals surface area contributed by atoms with Gasteiger partial charge in [-0.15, -0.1) is 0 Å². The van der Waals surface area contributed by atoms with Gasteiger partial charge in [-0.1, -0.05) is 146 Å². The summed E-state index contributed by atoms with van der Waals surface area (Å²) in [5, 5.41) is 3.21. The van der Waals surface area contributed by atoms with Crippen LogP contribution in [-0.2, 0) is 0 Å². The summed E-state index contributed by atoms with van der Waals surface area (Å²) < 4.78 is 0. The second-order valence-electron chi connectivity index (χ2n) is 9.76. The van der Waals surface area contributed by atoms with E-state index in [1.165, 1.54) is 56.6 Å². The van der Waals surface area contributed by atoms with Gasteiger partial charge in [0.15, 0.2) is 0 Å². The Labute approximate surface area is 211 Å². The third kappa shape index (κ3) is 4.04. The largest absolute Gasteiger partial charge is 0.120 e. The lowest BCUT2D eigenvalue weighted by Gasteiger charge is -2.33. The normalized spacial score (nSPS) is 15.1. The summed E-state index contributed by atoms with van der Waals surface area (Å²) in [6, 6.07) is 43.0. The van der Waals surface area contributed by atoms with Crippen LogP contribution in [0.2, 0.25) is 12.1 Å². The van der Waals surface area contributed by atoms with Crippen LogP contribution in [0.1, 0.15) is 47.2 Å². The van der Waals surface area contributed by atoms with Crippen molar-refractivity contribution in [3.8, 4) is 0 Å². The zero-order chi connectivity index (χ0) is 24.4. The van der Waals surface area contributed by atoms with Crippen molar-refractivity contribution in [1.82, 2.24) is 0 Å². The van der Waals surface area contributed by atoms with E-state index in [4.69, 9.17) is 0 Å². The molecule has 0 radical (unpaired) electrons. The van der Waals surface area contributed by atoms with Gasteiger partial charge in [-0.25, -0.2) is 0 Å². The zero-order valence-corrected chi connectivity index (χ0v) is 22.3. The fourth-order valence-corrected chi connectivity index (χ4v) is 11.1. The van der Waals surface area contributed by atoms with E-state index in [-0.39, 0.29) is 0 Å². The Morgan fingerprint density at radius 3 is 1.17 bits per heavy atom. The standard InChI is InChI=1S/C34H34Si/c1-5-35(6-2)33(29-21-13-15-25(3)23-29)31(27-17-9-7-10-18-27)32(28-19-11-8-12-20-28)34(35)30-22-14-16-26(4)24-30/h7-24H,5-6H2,1-4H3. The number of allylic oxidation sites excluding steroid dienone is 2. The van der Waals surface area contributed by atoms with E-state index in [0.29, 0.717) is 0 Å². The van der Waals surface area contributed by atoms with Gasteiger partial charge in [0.25, 0.3) is 0 Å². The van der Waals surface area contributed by atoms with Crippen LogP contribution in [0.15, 0.2) is 109 Å². The third-order valence-electron chi connectivity index (χ3n) is 7.65. The fraction of sp³-hybridized carbons (Fsp3) is 0.176. The van der Waals surface area contributed by atoms with Gasteiger partial charge in [0.2, 0.25) is 0 Å². The van der Waals surface area contributed by atoms with Crippen molar-refractivity contribution in [1.29, 1.82) is 0 Å². The van der Waals surface area contributed by atoms with Crippen molar-refractivity contribution in [2.75, 3.05) is 0 Å². The molecule has 0 saturated carbocycles. The molecule has 0 N–H and O–H groups in total. The molecule has 0 aromatic heterocycles. The molecule has 4 aromatic rings. The van der Waals surface area contributed by atoms with Gasteiger partial charge >= 0.3 is 0 Å². The summed E-state index contributed by atoms with van der Waals surface area (Å²) in [5.74, 6) is 0. The number of aryl methyl sites for hydroxylation is 2. The van der Waals surface area contributed by atoms with Crippen LogP contribution < -0.4 is 0 Å². The van der Waals surface area contributed by atoms with Crippen LogP contribution in [0, 0.1) is 13.8 Å². The van der Waals surface area contributed by atoms with Crippen molar-refractivity contribution in [2.24, 2.45) is 0 Å². The Morgan fingerprint density at radius 2 is 0.829 bits per heavy atom. The van der Waals surface area contributed by atoms with Gasteiger partial charge in [0.1, 0.15) is 8.07 Å². The molecule has 1 aliphatic rings. The highest BCUT2D eigenvalue weighted by Gasteiger charge is 2.48. The minimum atomic E-state index is -2.10. The molecule has 0 fully saturated rings. The van der Waals surface area contributed by atoms with Crippen molar-refractivity contribution < 1.29 is 0 Å². The molecule has 35 heavy (non-hydrogen) atoms. The summed E-state index contributed by atoms with van der Waals surface area (Å²) in [7, 11) is -2.10. The predicted molar refractivity (Wildman–Crippen MR) is 156 cm³/mol. The summed E-state index contributed by atoms with van der Waals surface area (Å²) in [4.78, 5) is 0. The molecule has 0 aliphatic carbocycles. The van der Waals surface area contributed by atoms with E-state index in [1.807, 2.05) is 0 Å². The highest BCUT2D eigenvalue weighted by atomic mass is 28.3. The first-order valence-corrected chi connectivity index (χ1v) is 15.2.